The fourth-order valence-corrected chi connectivity index (χ4v) is 3.07. The summed E-state index contributed by atoms with van der Waals surface area (Å²) in [6.07, 6.45) is 4.07. The molecule has 0 aromatic heterocycles. The van der Waals surface area contributed by atoms with E-state index in [1.165, 1.54) is 17.2 Å². The number of rotatable bonds is 1. The van der Waals surface area contributed by atoms with Gasteiger partial charge in [0.15, 0.2) is 0 Å². The molecule has 0 spiro atoms. The monoisotopic (exact) mass is 273 g/mol. The standard InChI is InChI=1S/C15H15NO2S/c1-10(19)16-9-8-11-4-2-3-5-12(11)15(16)13-6-7-14(17)18-13/h2-7,13,15H,8-9H2,1H3/t13-,15-/m1/s1. The zero-order valence-electron chi connectivity index (χ0n) is 10.7. The maximum absolute atomic E-state index is 11.3. The summed E-state index contributed by atoms with van der Waals surface area (Å²) in [5, 5.41) is 0. The Hall–Kier alpha value is -1.68. The number of ether oxygens (including phenoxy) is 1. The first-order valence-corrected chi connectivity index (χ1v) is 6.81. The minimum Gasteiger partial charge on any atom is -0.452 e. The van der Waals surface area contributed by atoms with Gasteiger partial charge in [-0.1, -0.05) is 36.5 Å². The molecule has 2 heterocycles. The lowest BCUT2D eigenvalue weighted by atomic mass is 9.89. The molecule has 4 heteroatoms. The fourth-order valence-electron chi connectivity index (χ4n) is 2.86. The highest BCUT2D eigenvalue weighted by Crippen LogP contribution is 2.35. The minimum absolute atomic E-state index is 0.00477. The van der Waals surface area contributed by atoms with Crippen molar-refractivity contribution in [3.05, 3.63) is 47.5 Å². The number of esters is 1. The number of thiocarbonyl (C=S) groups is 1. The number of hydrogen-bond donors (Lipinski definition) is 0. The van der Waals surface area contributed by atoms with Crippen molar-refractivity contribution in [3.8, 4) is 0 Å². The molecule has 2 atom stereocenters. The molecule has 0 aliphatic carbocycles. The second kappa shape index (κ2) is 4.78. The second-order valence-electron chi connectivity index (χ2n) is 4.87. The predicted octanol–water partition coefficient (Wildman–Crippen LogP) is 2.41. The van der Waals surface area contributed by atoms with Crippen molar-refractivity contribution in [2.24, 2.45) is 0 Å². The van der Waals surface area contributed by atoms with Crippen LogP contribution in [0.1, 0.15) is 24.1 Å². The Balaban J connectivity index is 2.02. The molecular weight excluding hydrogens is 258 g/mol. The van der Waals surface area contributed by atoms with Crippen LogP contribution >= 0.6 is 12.2 Å². The Bertz CT molecular complexity index is 567. The summed E-state index contributed by atoms with van der Waals surface area (Å²) in [6, 6.07) is 8.31. The van der Waals surface area contributed by atoms with Gasteiger partial charge in [0.25, 0.3) is 0 Å². The number of fused-ring (bicyclic) bond motifs is 1. The van der Waals surface area contributed by atoms with Gasteiger partial charge in [-0.15, -0.1) is 0 Å². The van der Waals surface area contributed by atoms with Gasteiger partial charge in [-0.05, 0) is 30.5 Å². The third kappa shape index (κ3) is 2.16. The first kappa shape index (κ1) is 12.4. The Kier molecular flexibility index (Phi) is 3.11. The first-order valence-electron chi connectivity index (χ1n) is 6.40. The molecule has 0 N–H and O–H groups in total. The van der Waals surface area contributed by atoms with E-state index in [9.17, 15) is 4.79 Å². The number of nitrogens with zero attached hydrogens (tertiary/aromatic N) is 1. The van der Waals surface area contributed by atoms with E-state index < -0.39 is 0 Å². The van der Waals surface area contributed by atoms with E-state index in [1.54, 1.807) is 0 Å². The molecule has 19 heavy (non-hydrogen) atoms. The zero-order valence-corrected chi connectivity index (χ0v) is 11.5. The molecule has 98 valence electrons. The molecule has 0 saturated heterocycles. The zero-order chi connectivity index (χ0) is 13.4. The van der Waals surface area contributed by atoms with Gasteiger partial charge in [0.1, 0.15) is 6.10 Å². The van der Waals surface area contributed by atoms with Crippen LogP contribution in [0.4, 0.5) is 0 Å². The molecule has 3 rings (SSSR count). The Morgan fingerprint density at radius 2 is 2.21 bits per heavy atom. The second-order valence-corrected chi connectivity index (χ2v) is 5.46. The highest BCUT2D eigenvalue weighted by atomic mass is 32.1. The highest BCUT2D eigenvalue weighted by molar-refractivity contribution is 7.80. The first-order chi connectivity index (χ1) is 9.16. The van der Waals surface area contributed by atoms with Gasteiger partial charge in [-0.25, -0.2) is 4.79 Å². The lowest BCUT2D eigenvalue weighted by molar-refractivity contribution is -0.140. The predicted molar refractivity (Wildman–Crippen MR) is 76.9 cm³/mol. The minimum atomic E-state index is -0.268. The number of cyclic esters (lactones) is 1. The van der Waals surface area contributed by atoms with Crippen molar-refractivity contribution >= 4 is 23.2 Å². The van der Waals surface area contributed by atoms with E-state index >= 15 is 0 Å². The van der Waals surface area contributed by atoms with E-state index in [-0.39, 0.29) is 18.1 Å². The van der Waals surface area contributed by atoms with Gasteiger partial charge in [0.05, 0.1) is 11.0 Å². The van der Waals surface area contributed by atoms with Crippen molar-refractivity contribution in [1.82, 2.24) is 4.90 Å². The molecule has 0 unspecified atom stereocenters. The maximum Gasteiger partial charge on any atom is 0.331 e. The quantitative estimate of drug-likeness (QED) is 0.580. The van der Waals surface area contributed by atoms with Crippen LogP contribution in [0, 0.1) is 0 Å². The summed E-state index contributed by atoms with van der Waals surface area (Å²) in [5.74, 6) is -0.268. The number of carbonyl (C=O) groups excluding carboxylic acids is 1. The molecule has 3 nitrogen and oxygen atoms in total. The van der Waals surface area contributed by atoms with Crippen LogP contribution in [0.25, 0.3) is 0 Å². The van der Waals surface area contributed by atoms with E-state index in [1.807, 2.05) is 25.1 Å². The van der Waals surface area contributed by atoms with Gasteiger partial charge in [0.2, 0.25) is 0 Å². The van der Waals surface area contributed by atoms with Crippen molar-refractivity contribution in [2.45, 2.75) is 25.5 Å². The van der Waals surface area contributed by atoms with Crippen LogP contribution in [-0.2, 0) is 16.0 Å². The third-order valence-corrected chi connectivity index (χ3v) is 3.96. The summed E-state index contributed by atoms with van der Waals surface area (Å²) in [5.41, 5.74) is 2.53. The van der Waals surface area contributed by atoms with Gasteiger partial charge >= 0.3 is 5.97 Å². The molecular formula is C15H15NO2S. The lowest BCUT2D eigenvalue weighted by Crippen LogP contribution is -2.43. The van der Waals surface area contributed by atoms with Gasteiger partial charge in [0, 0.05) is 12.6 Å². The van der Waals surface area contributed by atoms with Gasteiger partial charge in [-0.2, -0.15) is 0 Å². The summed E-state index contributed by atoms with van der Waals surface area (Å²) in [4.78, 5) is 14.3. The maximum atomic E-state index is 11.3. The van der Waals surface area contributed by atoms with Crippen LogP contribution in [0.5, 0.6) is 0 Å². The van der Waals surface area contributed by atoms with E-state index in [0.717, 1.165) is 18.0 Å². The van der Waals surface area contributed by atoms with Crippen molar-refractivity contribution in [1.29, 1.82) is 0 Å². The highest BCUT2D eigenvalue weighted by Gasteiger charge is 2.36. The molecule has 0 bridgehead atoms. The average Bonchev–Trinajstić information content (AvgIpc) is 2.83. The number of hydrogen-bond acceptors (Lipinski definition) is 3. The Labute approximate surface area is 117 Å². The smallest absolute Gasteiger partial charge is 0.331 e. The van der Waals surface area contributed by atoms with Crippen LogP contribution in [0.3, 0.4) is 0 Å². The molecule has 0 saturated carbocycles. The van der Waals surface area contributed by atoms with Crippen LogP contribution in [0.2, 0.25) is 0 Å². The molecule has 1 aromatic carbocycles. The van der Waals surface area contributed by atoms with Gasteiger partial charge in [-0.3, -0.25) is 0 Å². The number of carbonyl (C=O) groups is 1. The van der Waals surface area contributed by atoms with Gasteiger partial charge < -0.3 is 9.64 Å². The lowest BCUT2D eigenvalue weighted by Gasteiger charge is -2.40. The molecule has 2 aliphatic heterocycles. The molecule has 1 aromatic rings. The van der Waals surface area contributed by atoms with Crippen LogP contribution in [-0.4, -0.2) is 28.5 Å². The third-order valence-electron chi connectivity index (χ3n) is 3.72. The van der Waals surface area contributed by atoms with Crippen LogP contribution < -0.4 is 0 Å². The Morgan fingerprint density at radius 3 is 2.89 bits per heavy atom. The van der Waals surface area contributed by atoms with Crippen molar-refractivity contribution in [2.75, 3.05) is 6.54 Å². The topological polar surface area (TPSA) is 29.5 Å². The van der Waals surface area contributed by atoms with Crippen LogP contribution in [0.15, 0.2) is 36.4 Å². The van der Waals surface area contributed by atoms with Crippen molar-refractivity contribution < 1.29 is 9.53 Å². The SMILES string of the molecule is CC(=S)N1CCc2ccccc2[C@@H]1[C@H]1C=CC(=O)O1. The normalized spacial score (nSPS) is 25.1. The van der Waals surface area contributed by atoms with E-state index in [4.69, 9.17) is 17.0 Å². The summed E-state index contributed by atoms with van der Waals surface area (Å²) < 4.78 is 5.39. The molecule has 2 aliphatic rings. The molecule has 0 amide bonds. The van der Waals surface area contributed by atoms with E-state index in [0.29, 0.717) is 0 Å². The number of benzene rings is 1. The fraction of sp³-hybridized carbons (Fsp3) is 0.333. The summed E-state index contributed by atoms with van der Waals surface area (Å²) in [7, 11) is 0. The summed E-state index contributed by atoms with van der Waals surface area (Å²) >= 11 is 5.35. The Morgan fingerprint density at radius 1 is 1.42 bits per heavy atom. The molecule has 0 fully saturated rings. The van der Waals surface area contributed by atoms with E-state index in [2.05, 4.69) is 17.0 Å². The van der Waals surface area contributed by atoms with Crippen molar-refractivity contribution in [3.63, 3.8) is 0 Å². The molecule has 0 radical (unpaired) electrons. The summed E-state index contributed by atoms with van der Waals surface area (Å²) in [6.45, 7) is 2.80. The largest absolute Gasteiger partial charge is 0.452 e. The average molecular weight is 273 g/mol.